The molecule has 0 saturated heterocycles. The van der Waals surface area contributed by atoms with Gasteiger partial charge < -0.3 is 19.5 Å². The number of rotatable bonds is 5. The monoisotopic (exact) mass is 452 g/mol. The van der Waals surface area contributed by atoms with Gasteiger partial charge in [0.1, 0.15) is 23.0 Å². The summed E-state index contributed by atoms with van der Waals surface area (Å²) in [5.74, 6) is -2.47. The van der Waals surface area contributed by atoms with Gasteiger partial charge in [0.2, 0.25) is 0 Å². The lowest BCUT2D eigenvalue weighted by Gasteiger charge is -2.16. The van der Waals surface area contributed by atoms with Gasteiger partial charge in [0.05, 0.1) is 22.9 Å². The number of carbonyl (C=O) groups excluding carboxylic acids is 2. The molecule has 31 heavy (non-hydrogen) atoms. The molecular formula is C21H23ClF2N4O3. The number of hydrogen-bond acceptors (Lipinski definition) is 5. The normalized spacial score (nSPS) is 17.6. The van der Waals surface area contributed by atoms with Gasteiger partial charge in [-0.25, -0.2) is 18.6 Å². The van der Waals surface area contributed by atoms with Gasteiger partial charge in [-0.1, -0.05) is 11.6 Å². The molecule has 2 heterocycles. The van der Waals surface area contributed by atoms with Crippen LogP contribution < -0.4 is 5.32 Å². The standard InChI is InChI=1S/C21H23ClF2N4O3/c1-3-31-20(30)21(5-6-21)26-19(29)17-16-11-27(2)7-4-8-28(16)18(25-17)12-9-13(22)15(24)10-14(12)23/h9-10H,3-8,11H2,1-2H3,(H,26,29). The SMILES string of the molecule is CCOC(=O)C1(NC(=O)c2nc(-c3cc(Cl)c(F)cc3F)n3c2CN(C)CCC3)CC1. The lowest BCUT2D eigenvalue weighted by Crippen LogP contribution is -2.44. The van der Waals surface area contributed by atoms with Crippen molar-refractivity contribution in [3.8, 4) is 11.4 Å². The summed E-state index contributed by atoms with van der Waals surface area (Å²) in [6.07, 6.45) is 1.74. The maximum Gasteiger partial charge on any atom is 0.331 e. The molecule has 2 aromatic rings. The van der Waals surface area contributed by atoms with Crippen LogP contribution in [0.15, 0.2) is 12.1 Å². The number of ether oxygens (including phenoxy) is 1. The van der Waals surface area contributed by atoms with Gasteiger partial charge in [0, 0.05) is 19.2 Å². The Morgan fingerprint density at radius 3 is 2.68 bits per heavy atom. The molecule has 166 valence electrons. The lowest BCUT2D eigenvalue weighted by atomic mass is 10.2. The van der Waals surface area contributed by atoms with Crippen LogP contribution in [0.3, 0.4) is 0 Å². The maximum atomic E-state index is 14.6. The molecule has 0 atom stereocenters. The van der Waals surface area contributed by atoms with E-state index >= 15 is 0 Å². The van der Waals surface area contributed by atoms with Gasteiger partial charge in [-0.15, -0.1) is 0 Å². The zero-order chi connectivity index (χ0) is 22.3. The number of halogens is 3. The lowest BCUT2D eigenvalue weighted by molar-refractivity contribution is -0.146. The fourth-order valence-corrected chi connectivity index (χ4v) is 4.02. The van der Waals surface area contributed by atoms with Gasteiger partial charge in [-0.05, 0) is 45.8 Å². The Labute approximate surface area is 183 Å². The molecule has 1 N–H and O–H groups in total. The number of benzene rings is 1. The third-order valence-electron chi connectivity index (χ3n) is 5.65. The van der Waals surface area contributed by atoms with Gasteiger partial charge >= 0.3 is 5.97 Å². The Morgan fingerprint density at radius 2 is 2.00 bits per heavy atom. The highest BCUT2D eigenvalue weighted by Gasteiger charge is 2.53. The molecule has 1 amide bonds. The van der Waals surface area contributed by atoms with Crippen LogP contribution in [-0.4, -0.2) is 52.1 Å². The number of fused-ring (bicyclic) bond motifs is 1. The van der Waals surface area contributed by atoms with E-state index in [9.17, 15) is 18.4 Å². The van der Waals surface area contributed by atoms with Crippen molar-refractivity contribution in [2.75, 3.05) is 20.2 Å². The molecule has 1 aromatic heterocycles. The first kappa shape index (κ1) is 21.7. The molecule has 1 aliphatic heterocycles. The molecule has 4 rings (SSSR count). The number of carbonyl (C=O) groups is 2. The summed E-state index contributed by atoms with van der Waals surface area (Å²) in [4.78, 5) is 31.9. The minimum Gasteiger partial charge on any atom is -0.464 e. The second-order valence-electron chi connectivity index (χ2n) is 7.98. The molecule has 1 fully saturated rings. The van der Waals surface area contributed by atoms with Crippen molar-refractivity contribution < 1.29 is 23.1 Å². The quantitative estimate of drug-likeness (QED) is 0.557. The van der Waals surface area contributed by atoms with Crippen LogP contribution in [0.1, 0.15) is 42.4 Å². The van der Waals surface area contributed by atoms with E-state index in [0.717, 1.165) is 13.0 Å². The Kier molecular flexibility index (Phi) is 5.74. The van der Waals surface area contributed by atoms with Gasteiger partial charge in [0.25, 0.3) is 5.91 Å². The summed E-state index contributed by atoms with van der Waals surface area (Å²) < 4.78 is 35.2. The Morgan fingerprint density at radius 1 is 1.26 bits per heavy atom. The van der Waals surface area contributed by atoms with Gasteiger partial charge in [0.15, 0.2) is 5.69 Å². The van der Waals surface area contributed by atoms with Crippen LogP contribution >= 0.6 is 11.6 Å². The third kappa shape index (κ3) is 4.04. The summed E-state index contributed by atoms with van der Waals surface area (Å²) in [5, 5.41) is 2.53. The minimum atomic E-state index is -1.04. The van der Waals surface area contributed by atoms with Gasteiger partial charge in [-0.3, -0.25) is 4.79 Å². The highest BCUT2D eigenvalue weighted by atomic mass is 35.5. The first-order chi connectivity index (χ1) is 14.8. The van der Waals surface area contributed by atoms with Crippen LogP contribution in [-0.2, 0) is 22.6 Å². The van der Waals surface area contributed by atoms with Crippen molar-refractivity contribution in [2.45, 2.75) is 44.8 Å². The summed E-state index contributed by atoms with van der Waals surface area (Å²) in [6.45, 7) is 3.62. The first-order valence-corrected chi connectivity index (χ1v) is 10.6. The molecule has 0 bridgehead atoms. The second kappa shape index (κ2) is 8.20. The summed E-state index contributed by atoms with van der Waals surface area (Å²) >= 11 is 5.89. The predicted molar refractivity (Wildman–Crippen MR) is 110 cm³/mol. The van der Waals surface area contributed by atoms with E-state index in [4.69, 9.17) is 16.3 Å². The molecule has 7 nitrogen and oxygen atoms in total. The van der Waals surface area contributed by atoms with Crippen LogP contribution in [0, 0.1) is 11.6 Å². The number of nitrogens with zero attached hydrogens (tertiary/aromatic N) is 3. The van der Waals surface area contributed by atoms with Crippen LogP contribution in [0.4, 0.5) is 8.78 Å². The fraction of sp³-hybridized carbons (Fsp3) is 0.476. The molecular weight excluding hydrogens is 430 g/mol. The topological polar surface area (TPSA) is 76.5 Å². The summed E-state index contributed by atoms with van der Waals surface area (Å²) in [7, 11) is 1.92. The third-order valence-corrected chi connectivity index (χ3v) is 5.94. The zero-order valence-corrected chi connectivity index (χ0v) is 18.1. The van der Waals surface area contributed by atoms with E-state index in [1.54, 1.807) is 11.5 Å². The first-order valence-electron chi connectivity index (χ1n) is 10.2. The van der Waals surface area contributed by atoms with Crippen molar-refractivity contribution in [3.05, 3.63) is 40.2 Å². The highest BCUT2D eigenvalue weighted by Crippen LogP contribution is 2.37. The minimum absolute atomic E-state index is 0.0165. The zero-order valence-electron chi connectivity index (χ0n) is 17.3. The number of esters is 1. The molecule has 0 spiro atoms. The Balaban J connectivity index is 1.76. The predicted octanol–water partition coefficient (Wildman–Crippen LogP) is 3.14. The van der Waals surface area contributed by atoms with Crippen LogP contribution in [0.2, 0.25) is 5.02 Å². The number of hydrogen-bond donors (Lipinski definition) is 1. The molecule has 10 heteroatoms. The molecule has 0 radical (unpaired) electrons. The van der Waals surface area contributed by atoms with E-state index in [2.05, 4.69) is 10.3 Å². The Hall–Kier alpha value is -2.52. The number of amides is 1. The molecule has 2 aliphatic rings. The van der Waals surface area contributed by atoms with Gasteiger partial charge in [-0.2, -0.15) is 0 Å². The van der Waals surface area contributed by atoms with E-state index in [1.165, 1.54) is 6.07 Å². The number of nitrogens with one attached hydrogen (secondary N) is 1. The van der Waals surface area contributed by atoms with E-state index < -0.39 is 29.0 Å². The maximum absolute atomic E-state index is 14.6. The fourth-order valence-electron chi connectivity index (χ4n) is 3.85. The molecule has 1 aliphatic carbocycles. The Bertz CT molecular complexity index is 1050. The molecule has 1 saturated carbocycles. The van der Waals surface area contributed by atoms with Crippen LogP contribution in [0.25, 0.3) is 11.4 Å². The van der Waals surface area contributed by atoms with Crippen molar-refractivity contribution in [2.24, 2.45) is 0 Å². The molecule has 0 unspecified atom stereocenters. The van der Waals surface area contributed by atoms with E-state index in [1.807, 2.05) is 11.9 Å². The number of aromatic nitrogens is 2. The van der Waals surface area contributed by atoms with Crippen LogP contribution in [0.5, 0.6) is 0 Å². The average Bonchev–Trinajstić information content (AvgIpc) is 3.45. The van der Waals surface area contributed by atoms with E-state index in [0.29, 0.717) is 37.7 Å². The van der Waals surface area contributed by atoms with Crippen molar-refractivity contribution in [3.63, 3.8) is 0 Å². The highest BCUT2D eigenvalue weighted by molar-refractivity contribution is 6.31. The van der Waals surface area contributed by atoms with E-state index in [-0.39, 0.29) is 28.7 Å². The van der Waals surface area contributed by atoms with Crippen molar-refractivity contribution >= 4 is 23.5 Å². The summed E-state index contributed by atoms with van der Waals surface area (Å²) in [5.41, 5.74) is -0.306. The smallest absolute Gasteiger partial charge is 0.331 e. The number of imidazole rings is 1. The van der Waals surface area contributed by atoms with Crippen molar-refractivity contribution in [1.29, 1.82) is 0 Å². The molecule has 1 aromatic carbocycles. The van der Waals surface area contributed by atoms with Crippen molar-refractivity contribution in [1.82, 2.24) is 19.8 Å². The largest absolute Gasteiger partial charge is 0.464 e. The average molecular weight is 453 g/mol. The second-order valence-corrected chi connectivity index (χ2v) is 8.38. The summed E-state index contributed by atoms with van der Waals surface area (Å²) in [6, 6.07) is 1.89.